The minimum absolute atomic E-state index is 0.160. The highest BCUT2D eigenvalue weighted by molar-refractivity contribution is 5.63. The Balaban J connectivity index is 2.63. The van der Waals surface area contributed by atoms with E-state index in [4.69, 9.17) is 4.74 Å². The van der Waals surface area contributed by atoms with Gasteiger partial charge in [0.2, 0.25) is 5.75 Å². The summed E-state index contributed by atoms with van der Waals surface area (Å²) in [6, 6.07) is 0. The lowest BCUT2D eigenvalue weighted by Crippen LogP contribution is -2.11. The van der Waals surface area contributed by atoms with Crippen LogP contribution in [0.5, 0.6) is 5.75 Å². The molecule has 6 nitrogen and oxygen atoms in total. The second-order valence-corrected chi connectivity index (χ2v) is 2.74. The SMILES string of the molecule is COc1c(-c2cncnc2)nc[nH]c1=O. The summed E-state index contributed by atoms with van der Waals surface area (Å²) in [7, 11) is 1.42. The second kappa shape index (κ2) is 3.87. The van der Waals surface area contributed by atoms with Crippen LogP contribution < -0.4 is 10.3 Å². The maximum absolute atomic E-state index is 11.4. The average Bonchev–Trinajstić information content (AvgIpc) is 2.30. The Morgan fingerprint density at radius 1 is 1.33 bits per heavy atom. The number of methoxy groups -OCH3 is 1. The summed E-state index contributed by atoms with van der Waals surface area (Å²) in [4.78, 5) is 25.5. The van der Waals surface area contributed by atoms with Gasteiger partial charge in [-0.05, 0) is 0 Å². The highest BCUT2D eigenvalue weighted by Gasteiger charge is 2.10. The summed E-state index contributed by atoms with van der Waals surface area (Å²) >= 11 is 0. The first-order valence-electron chi connectivity index (χ1n) is 4.20. The fourth-order valence-electron chi connectivity index (χ4n) is 1.20. The van der Waals surface area contributed by atoms with Crippen LogP contribution in [0.4, 0.5) is 0 Å². The molecule has 0 fully saturated rings. The number of nitrogens with one attached hydrogen (secondary N) is 1. The van der Waals surface area contributed by atoms with E-state index in [1.807, 2.05) is 0 Å². The molecule has 2 rings (SSSR count). The van der Waals surface area contributed by atoms with Crippen LogP contribution in [0.1, 0.15) is 0 Å². The van der Waals surface area contributed by atoms with Gasteiger partial charge in [0.05, 0.1) is 13.4 Å². The molecule has 0 aliphatic heterocycles. The lowest BCUT2D eigenvalue weighted by atomic mass is 10.2. The molecule has 0 bridgehead atoms. The number of hydrogen-bond acceptors (Lipinski definition) is 5. The summed E-state index contributed by atoms with van der Waals surface area (Å²) in [6.45, 7) is 0. The summed E-state index contributed by atoms with van der Waals surface area (Å²) in [5.74, 6) is 0.160. The molecule has 0 radical (unpaired) electrons. The first-order chi connectivity index (χ1) is 7.33. The summed E-state index contributed by atoms with van der Waals surface area (Å²) in [5.41, 5.74) is 0.744. The van der Waals surface area contributed by atoms with Gasteiger partial charge in [0.25, 0.3) is 5.56 Å². The molecule has 0 atom stereocenters. The van der Waals surface area contributed by atoms with Crippen molar-refractivity contribution < 1.29 is 4.74 Å². The first-order valence-corrected chi connectivity index (χ1v) is 4.20. The molecule has 2 aromatic rings. The largest absolute Gasteiger partial charge is 0.490 e. The second-order valence-electron chi connectivity index (χ2n) is 2.74. The fourth-order valence-corrected chi connectivity index (χ4v) is 1.20. The molecule has 15 heavy (non-hydrogen) atoms. The molecule has 0 aliphatic carbocycles. The van der Waals surface area contributed by atoms with Crippen LogP contribution in [0, 0.1) is 0 Å². The molecule has 0 saturated carbocycles. The topological polar surface area (TPSA) is 80.8 Å². The Morgan fingerprint density at radius 2 is 2.07 bits per heavy atom. The Labute approximate surface area is 85.0 Å². The van der Waals surface area contributed by atoms with E-state index in [-0.39, 0.29) is 11.3 Å². The van der Waals surface area contributed by atoms with Crippen molar-refractivity contribution in [3.63, 3.8) is 0 Å². The molecule has 0 unspecified atom stereocenters. The van der Waals surface area contributed by atoms with Crippen molar-refractivity contribution in [2.75, 3.05) is 7.11 Å². The third kappa shape index (κ3) is 1.69. The zero-order chi connectivity index (χ0) is 10.7. The lowest BCUT2D eigenvalue weighted by molar-refractivity contribution is 0.408. The Bertz CT molecular complexity index is 509. The van der Waals surface area contributed by atoms with Crippen LogP contribution in [-0.4, -0.2) is 27.0 Å². The van der Waals surface area contributed by atoms with Crippen molar-refractivity contribution >= 4 is 0 Å². The normalized spacial score (nSPS) is 9.93. The van der Waals surface area contributed by atoms with Gasteiger partial charge in [-0.25, -0.2) is 15.0 Å². The van der Waals surface area contributed by atoms with Gasteiger partial charge in [-0.2, -0.15) is 0 Å². The van der Waals surface area contributed by atoms with Crippen molar-refractivity contribution in [1.29, 1.82) is 0 Å². The monoisotopic (exact) mass is 204 g/mol. The first kappa shape index (κ1) is 9.32. The van der Waals surface area contributed by atoms with Crippen molar-refractivity contribution in [3.8, 4) is 17.0 Å². The number of aromatic amines is 1. The molecule has 0 aliphatic rings. The lowest BCUT2D eigenvalue weighted by Gasteiger charge is -2.04. The van der Waals surface area contributed by atoms with Crippen LogP contribution in [-0.2, 0) is 0 Å². The van der Waals surface area contributed by atoms with E-state index >= 15 is 0 Å². The van der Waals surface area contributed by atoms with Crippen LogP contribution >= 0.6 is 0 Å². The van der Waals surface area contributed by atoms with Crippen molar-refractivity contribution in [2.45, 2.75) is 0 Å². The number of H-pyrrole nitrogens is 1. The van der Waals surface area contributed by atoms with E-state index in [1.54, 1.807) is 12.4 Å². The minimum Gasteiger partial charge on any atom is -0.490 e. The summed E-state index contributed by atoms with van der Waals surface area (Å²) < 4.78 is 4.97. The van der Waals surface area contributed by atoms with Crippen molar-refractivity contribution in [2.24, 2.45) is 0 Å². The molecular formula is C9H8N4O2. The number of rotatable bonds is 2. The molecule has 2 heterocycles. The summed E-state index contributed by atoms with van der Waals surface area (Å²) in [5, 5.41) is 0. The Morgan fingerprint density at radius 3 is 2.73 bits per heavy atom. The van der Waals surface area contributed by atoms with Crippen LogP contribution in [0.2, 0.25) is 0 Å². The predicted molar refractivity (Wildman–Crippen MR) is 52.4 cm³/mol. The zero-order valence-electron chi connectivity index (χ0n) is 7.97. The smallest absolute Gasteiger partial charge is 0.293 e. The van der Waals surface area contributed by atoms with E-state index < -0.39 is 0 Å². The number of aromatic nitrogens is 4. The van der Waals surface area contributed by atoms with Gasteiger partial charge < -0.3 is 9.72 Å². The van der Waals surface area contributed by atoms with Crippen LogP contribution in [0.3, 0.4) is 0 Å². The highest BCUT2D eigenvalue weighted by atomic mass is 16.5. The Hall–Kier alpha value is -2.24. The fraction of sp³-hybridized carbons (Fsp3) is 0.111. The van der Waals surface area contributed by atoms with Gasteiger partial charge in [0.15, 0.2) is 0 Å². The van der Waals surface area contributed by atoms with E-state index in [1.165, 1.54) is 19.8 Å². The minimum atomic E-state index is -0.327. The van der Waals surface area contributed by atoms with Gasteiger partial charge in [-0.15, -0.1) is 0 Å². The molecule has 6 heteroatoms. The molecule has 0 aromatic carbocycles. The van der Waals surface area contributed by atoms with Crippen LogP contribution in [0.25, 0.3) is 11.3 Å². The molecule has 1 N–H and O–H groups in total. The average molecular weight is 204 g/mol. The third-order valence-electron chi connectivity index (χ3n) is 1.85. The van der Waals surface area contributed by atoms with E-state index in [2.05, 4.69) is 19.9 Å². The molecule has 0 amide bonds. The highest BCUT2D eigenvalue weighted by Crippen LogP contribution is 2.21. The van der Waals surface area contributed by atoms with Gasteiger partial charge in [-0.1, -0.05) is 0 Å². The maximum Gasteiger partial charge on any atom is 0.293 e. The van der Waals surface area contributed by atoms with E-state index in [9.17, 15) is 4.79 Å². The molecule has 0 saturated heterocycles. The van der Waals surface area contributed by atoms with Gasteiger partial charge >= 0.3 is 0 Å². The molecular weight excluding hydrogens is 196 g/mol. The predicted octanol–water partition coefficient (Wildman–Crippen LogP) is 0.235. The van der Waals surface area contributed by atoms with Crippen LogP contribution in [0.15, 0.2) is 29.8 Å². The quantitative estimate of drug-likeness (QED) is 0.757. The molecule has 76 valence electrons. The van der Waals surface area contributed by atoms with Crippen molar-refractivity contribution in [3.05, 3.63) is 35.4 Å². The molecule has 0 spiro atoms. The number of nitrogens with zero attached hydrogens (tertiary/aromatic N) is 3. The van der Waals surface area contributed by atoms with E-state index in [0.29, 0.717) is 11.3 Å². The van der Waals surface area contributed by atoms with Gasteiger partial charge in [0.1, 0.15) is 12.0 Å². The third-order valence-corrected chi connectivity index (χ3v) is 1.85. The summed E-state index contributed by atoms with van der Waals surface area (Å²) in [6.07, 6.45) is 5.85. The maximum atomic E-state index is 11.4. The Kier molecular flexibility index (Phi) is 2.40. The number of hydrogen-bond donors (Lipinski definition) is 1. The zero-order valence-corrected chi connectivity index (χ0v) is 7.97. The van der Waals surface area contributed by atoms with Gasteiger partial charge in [-0.3, -0.25) is 4.79 Å². The number of ether oxygens (including phenoxy) is 1. The standard InChI is InChI=1S/C9H8N4O2/c1-15-8-7(12-5-13-9(8)14)6-2-10-4-11-3-6/h2-5H,1H3,(H,12,13,14). The van der Waals surface area contributed by atoms with Crippen molar-refractivity contribution in [1.82, 2.24) is 19.9 Å². The van der Waals surface area contributed by atoms with E-state index in [0.717, 1.165) is 0 Å². The molecule has 2 aromatic heterocycles. The van der Waals surface area contributed by atoms with Gasteiger partial charge in [0, 0.05) is 18.0 Å².